The van der Waals surface area contributed by atoms with Gasteiger partial charge in [-0.15, -0.1) is 16.4 Å². The number of para-hydroxylation sites is 1. The Hall–Kier alpha value is -3.61. The first kappa shape index (κ1) is 23.1. The first-order valence-electron chi connectivity index (χ1n) is 10.9. The van der Waals surface area contributed by atoms with Crippen LogP contribution in [0.5, 0.6) is 5.75 Å². The Labute approximate surface area is 202 Å². The fraction of sp³-hybridized carbons (Fsp3) is 0.364. The number of rotatable bonds is 6. The van der Waals surface area contributed by atoms with E-state index in [1.165, 1.54) is 6.33 Å². The van der Waals surface area contributed by atoms with Gasteiger partial charge >= 0.3 is 6.18 Å². The van der Waals surface area contributed by atoms with Gasteiger partial charge in [-0.3, -0.25) is 0 Å². The molecule has 182 valence electrons. The van der Waals surface area contributed by atoms with Crippen LogP contribution in [0.15, 0.2) is 49.1 Å². The number of hydrogen-bond acceptors (Lipinski definition) is 9. The first-order valence-corrected chi connectivity index (χ1v) is 11.8. The van der Waals surface area contributed by atoms with Crippen molar-refractivity contribution in [2.75, 3.05) is 18.0 Å². The summed E-state index contributed by atoms with van der Waals surface area (Å²) in [6, 6.07) is 9.44. The van der Waals surface area contributed by atoms with E-state index in [0.29, 0.717) is 24.8 Å². The molecule has 4 heterocycles. The lowest BCUT2D eigenvalue weighted by molar-refractivity contribution is -0.138. The van der Waals surface area contributed by atoms with Gasteiger partial charge in [0.05, 0.1) is 21.1 Å². The molecule has 1 atom stereocenters. The SMILES string of the molecule is Cc1nc(C2CCN(c3ncc(C(F)(F)F)cn3)CC2)sc1C(Oc1ccccc1)n1cnnn1. The Kier molecular flexibility index (Phi) is 6.32. The number of benzene rings is 1. The molecule has 0 saturated carbocycles. The van der Waals surface area contributed by atoms with Crippen molar-refractivity contribution in [3.63, 3.8) is 0 Å². The number of tetrazole rings is 1. The highest BCUT2D eigenvalue weighted by Crippen LogP contribution is 2.37. The predicted octanol–water partition coefficient (Wildman–Crippen LogP) is 4.26. The Morgan fingerprint density at radius 1 is 1.09 bits per heavy atom. The van der Waals surface area contributed by atoms with Gasteiger partial charge in [-0.05, 0) is 42.3 Å². The van der Waals surface area contributed by atoms with Crippen LogP contribution < -0.4 is 9.64 Å². The molecule has 9 nitrogen and oxygen atoms in total. The van der Waals surface area contributed by atoms with Crippen LogP contribution in [0.2, 0.25) is 0 Å². The molecule has 1 saturated heterocycles. The van der Waals surface area contributed by atoms with Crippen molar-refractivity contribution in [3.8, 4) is 5.75 Å². The van der Waals surface area contributed by atoms with Crippen molar-refractivity contribution in [1.29, 1.82) is 0 Å². The number of piperidine rings is 1. The van der Waals surface area contributed by atoms with E-state index in [1.807, 2.05) is 42.2 Å². The van der Waals surface area contributed by atoms with Crippen LogP contribution in [0.25, 0.3) is 0 Å². The second-order valence-corrected chi connectivity index (χ2v) is 9.17. The number of ether oxygens (including phenoxy) is 1. The molecular formula is C22H21F3N8OS. The summed E-state index contributed by atoms with van der Waals surface area (Å²) in [5.74, 6) is 1.21. The van der Waals surface area contributed by atoms with Crippen LogP contribution in [0.1, 0.15) is 46.1 Å². The summed E-state index contributed by atoms with van der Waals surface area (Å²) < 4.78 is 46.1. The van der Waals surface area contributed by atoms with Gasteiger partial charge in [0, 0.05) is 31.4 Å². The minimum atomic E-state index is -4.45. The summed E-state index contributed by atoms with van der Waals surface area (Å²) in [6.45, 7) is 3.19. The number of anilines is 1. The lowest BCUT2D eigenvalue weighted by atomic mass is 9.98. The zero-order valence-electron chi connectivity index (χ0n) is 18.6. The second-order valence-electron chi connectivity index (χ2n) is 8.11. The van der Waals surface area contributed by atoms with Crippen LogP contribution in [0.3, 0.4) is 0 Å². The summed E-state index contributed by atoms with van der Waals surface area (Å²) in [4.78, 5) is 15.5. The highest BCUT2D eigenvalue weighted by molar-refractivity contribution is 7.11. The predicted molar refractivity (Wildman–Crippen MR) is 121 cm³/mol. The molecule has 0 radical (unpaired) electrons. The highest BCUT2D eigenvalue weighted by Gasteiger charge is 2.32. The standard InChI is InChI=1S/C22H21F3N8OS/c1-14-18(20(33-13-28-30-31-33)34-17-5-3-2-4-6-17)35-19(29-14)15-7-9-32(10-8-15)21-26-11-16(12-27-21)22(23,24)25/h2-6,11-13,15,20H,7-10H2,1H3. The third-order valence-corrected chi connectivity index (χ3v) is 7.11. The molecule has 0 amide bonds. The molecule has 5 rings (SSSR count). The van der Waals surface area contributed by atoms with E-state index in [2.05, 4.69) is 25.5 Å². The van der Waals surface area contributed by atoms with E-state index in [1.54, 1.807) is 16.0 Å². The quantitative estimate of drug-likeness (QED) is 0.386. The Morgan fingerprint density at radius 2 is 1.80 bits per heavy atom. The Balaban J connectivity index is 1.30. The van der Waals surface area contributed by atoms with E-state index in [4.69, 9.17) is 9.72 Å². The van der Waals surface area contributed by atoms with Crippen molar-refractivity contribution < 1.29 is 17.9 Å². The van der Waals surface area contributed by atoms with Crippen LogP contribution in [-0.4, -0.2) is 48.2 Å². The number of halogens is 3. The van der Waals surface area contributed by atoms with Gasteiger partial charge < -0.3 is 9.64 Å². The number of aromatic nitrogens is 7. The monoisotopic (exact) mass is 502 g/mol. The molecule has 3 aromatic heterocycles. The molecule has 0 N–H and O–H groups in total. The van der Waals surface area contributed by atoms with E-state index < -0.39 is 18.0 Å². The van der Waals surface area contributed by atoms with Gasteiger partial charge in [-0.2, -0.15) is 17.9 Å². The molecule has 1 unspecified atom stereocenters. The topological polar surface area (TPSA) is 94.7 Å². The van der Waals surface area contributed by atoms with Gasteiger partial charge in [-0.1, -0.05) is 18.2 Å². The average molecular weight is 503 g/mol. The summed E-state index contributed by atoms with van der Waals surface area (Å²) >= 11 is 1.57. The van der Waals surface area contributed by atoms with Crippen LogP contribution in [0, 0.1) is 6.92 Å². The van der Waals surface area contributed by atoms with Crippen molar-refractivity contribution in [3.05, 3.63) is 70.2 Å². The number of nitrogens with zero attached hydrogens (tertiary/aromatic N) is 8. The number of aryl methyl sites for hydroxylation is 1. The fourth-order valence-corrected chi connectivity index (χ4v) is 5.18. The summed E-state index contributed by atoms with van der Waals surface area (Å²) in [7, 11) is 0. The third kappa shape index (κ3) is 5.09. The number of hydrogen-bond donors (Lipinski definition) is 0. The largest absolute Gasteiger partial charge is 0.463 e. The maximum Gasteiger partial charge on any atom is 0.419 e. The zero-order chi connectivity index (χ0) is 24.4. The van der Waals surface area contributed by atoms with Crippen LogP contribution in [-0.2, 0) is 6.18 Å². The maximum atomic E-state index is 12.8. The lowest BCUT2D eigenvalue weighted by Crippen LogP contribution is -2.34. The summed E-state index contributed by atoms with van der Waals surface area (Å²) in [5.41, 5.74) is -0.00767. The van der Waals surface area contributed by atoms with Crippen molar-refractivity contribution in [1.82, 2.24) is 35.2 Å². The molecule has 4 aromatic rings. The van der Waals surface area contributed by atoms with Crippen molar-refractivity contribution >= 4 is 17.3 Å². The molecule has 1 aromatic carbocycles. The van der Waals surface area contributed by atoms with Gasteiger partial charge in [0.2, 0.25) is 12.2 Å². The zero-order valence-corrected chi connectivity index (χ0v) is 19.4. The molecule has 35 heavy (non-hydrogen) atoms. The lowest BCUT2D eigenvalue weighted by Gasteiger charge is -2.31. The van der Waals surface area contributed by atoms with Crippen LogP contribution in [0.4, 0.5) is 19.1 Å². The van der Waals surface area contributed by atoms with E-state index in [9.17, 15) is 13.2 Å². The molecule has 1 aliphatic heterocycles. The first-order chi connectivity index (χ1) is 16.9. The molecule has 0 bridgehead atoms. The number of thiazole rings is 1. The van der Waals surface area contributed by atoms with Gasteiger partial charge in [0.25, 0.3) is 0 Å². The van der Waals surface area contributed by atoms with E-state index >= 15 is 0 Å². The Morgan fingerprint density at radius 3 is 2.43 bits per heavy atom. The number of alkyl halides is 3. The van der Waals surface area contributed by atoms with Gasteiger partial charge in [0.1, 0.15) is 12.1 Å². The molecule has 0 aliphatic carbocycles. The molecule has 0 spiro atoms. The third-order valence-electron chi connectivity index (χ3n) is 5.76. The molecule has 1 aliphatic rings. The van der Waals surface area contributed by atoms with E-state index in [-0.39, 0.29) is 5.92 Å². The highest BCUT2D eigenvalue weighted by atomic mass is 32.1. The average Bonchev–Trinajstić information content (AvgIpc) is 3.53. The summed E-state index contributed by atoms with van der Waals surface area (Å²) in [6.07, 6.45) is -0.268. The van der Waals surface area contributed by atoms with Crippen LogP contribution >= 0.6 is 11.3 Å². The second kappa shape index (κ2) is 9.56. The molecule has 1 fully saturated rings. The minimum absolute atomic E-state index is 0.212. The van der Waals surface area contributed by atoms with Crippen molar-refractivity contribution in [2.45, 2.75) is 38.1 Å². The van der Waals surface area contributed by atoms with E-state index in [0.717, 1.165) is 40.8 Å². The van der Waals surface area contributed by atoms with Gasteiger partial charge in [0.15, 0.2) is 0 Å². The fourth-order valence-electron chi connectivity index (χ4n) is 3.92. The molecule has 13 heteroatoms. The smallest absolute Gasteiger partial charge is 0.419 e. The minimum Gasteiger partial charge on any atom is -0.463 e. The molecular weight excluding hydrogens is 481 g/mol. The summed E-state index contributed by atoms with van der Waals surface area (Å²) in [5, 5.41) is 12.5. The Bertz CT molecular complexity index is 1240. The van der Waals surface area contributed by atoms with Gasteiger partial charge in [-0.25, -0.2) is 15.0 Å². The normalized spacial score (nSPS) is 15.8. The van der Waals surface area contributed by atoms with Crippen molar-refractivity contribution in [2.24, 2.45) is 0 Å². The maximum absolute atomic E-state index is 12.8.